The van der Waals surface area contributed by atoms with Gasteiger partial charge in [0.05, 0.1) is 5.60 Å². The standard InChI is InChI=1S/C13H18O/c1-10-5-6-12(9-11(10)2)7-8-13(3,4)14/h5-9,14H,1-4H3/b8-7+. The number of rotatable bonds is 2. The Labute approximate surface area is 86.1 Å². The highest BCUT2D eigenvalue weighted by Gasteiger charge is 2.05. The fourth-order valence-corrected chi connectivity index (χ4v) is 1.17. The molecular formula is C13H18O. The van der Waals surface area contributed by atoms with Crippen LogP contribution in [0.5, 0.6) is 0 Å². The maximum absolute atomic E-state index is 9.52. The van der Waals surface area contributed by atoms with Crippen LogP contribution in [0.3, 0.4) is 0 Å². The van der Waals surface area contributed by atoms with E-state index in [4.69, 9.17) is 0 Å². The molecule has 1 N–H and O–H groups in total. The summed E-state index contributed by atoms with van der Waals surface area (Å²) in [6.45, 7) is 7.73. The monoisotopic (exact) mass is 190 g/mol. The molecule has 0 bridgehead atoms. The summed E-state index contributed by atoms with van der Waals surface area (Å²) in [5.74, 6) is 0. The van der Waals surface area contributed by atoms with Crippen molar-refractivity contribution in [1.29, 1.82) is 0 Å². The highest BCUT2D eigenvalue weighted by Crippen LogP contribution is 2.13. The van der Waals surface area contributed by atoms with Gasteiger partial charge in [0.2, 0.25) is 0 Å². The lowest BCUT2D eigenvalue weighted by Gasteiger charge is -2.10. The minimum Gasteiger partial charge on any atom is -0.386 e. The molecule has 1 rings (SSSR count). The summed E-state index contributed by atoms with van der Waals surface area (Å²) in [7, 11) is 0. The van der Waals surface area contributed by atoms with Crippen molar-refractivity contribution in [2.75, 3.05) is 0 Å². The molecule has 0 heterocycles. The molecule has 1 aromatic rings. The van der Waals surface area contributed by atoms with Crippen LogP contribution in [0.4, 0.5) is 0 Å². The maximum Gasteiger partial charge on any atom is 0.0774 e. The first-order valence-electron chi connectivity index (χ1n) is 4.87. The molecule has 0 spiro atoms. The van der Waals surface area contributed by atoms with Gasteiger partial charge in [-0.2, -0.15) is 0 Å². The van der Waals surface area contributed by atoms with Gasteiger partial charge in [0.25, 0.3) is 0 Å². The van der Waals surface area contributed by atoms with Crippen molar-refractivity contribution in [3.63, 3.8) is 0 Å². The van der Waals surface area contributed by atoms with Crippen molar-refractivity contribution in [2.45, 2.75) is 33.3 Å². The summed E-state index contributed by atoms with van der Waals surface area (Å²) >= 11 is 0. The molecule has 0 saturated carbocycles. The zero-order valence-corrected chi connectivity index (χ0v) is 9.33. The number of hydrogen-bond donors (Lipinski definition) is 1. The van der Waals surface area contributed by atoms with E-state index in [0.29, 0.717) is 0 Å². The molecule has 1 heteroatoms. The Balaban J connectivity index is 2.89. The molecule has 0 saturated heterocycles. The third-order valence-corrected chi connectivity index (χ3v) is 2.21. The molecule has 1 nitrogen and oxygen atoms in total. The number of aryl methyl sites for hydroxylation is 2. The third kappa shape index (κ3) is 3.35. The van der Waals surface area contributed by atoms with Crippen LogP contribution in [-0.2, 0) is 0 Å². The fraction of sp³-hybridized carbons (Fsp3) is 0.385. The van der Waals surface area contributed by atoms with E-state index in [0.717, 1.165) is 5.56 Å². The van der Waals surface area contributed by atoms with Crippen LogP contribution in [0.2, 0.25) is 0 Å². The number of aliphatic hydroxyl groups is 1. The smallest absolute Gasteiger partial charge is 0.0774 e. The summed E-state index contributed by atoms with van der Waals surface area (Å²) < 4.78 is 0. The second-order valence-corrected chi connectivity index (χ2v) is 4.33. The molecule has 0 fully saturated rings. The molecule has 1 aromatic carbocycles. The summed E-state index contributed by atoms with van der Waals surface area (Å²) in [5.41, 5.74) is 2.97. The van der Waals surface area contributed by atoms with Gasteiger partial charge in [-0.1, -0.05) is 30.4 Å². The quantitative estimate of drug-likeness (QED) is 0.759. The lowest BCUT2D eigenvalue weighted by atomic mass is 10.0. The van der Waals surface area contributed by atoms with Crippen LogP contribution < -0.4 is 0 Å². The van der Waals surface area contributed by atoms with Gasteiger partial charge in [0.15, 0.2) is 0 Å². The van der Waals surface area contributed by atoms with Crippen LogP contribution in [0.1, 0.15) is 30.5 Å². The van der Waals surface area contributed by atoms with Crippen LogP contribution in [0.15, 0.2) is 24.3 Å². The normalized spacial score (nSPS) is 12.4. The van der Waals surface area contributed by atoms with Gasteiger partial charge in [-0.25, -0.2) is 0 Å². The Morgan fingerprint density at radius 1 is 1.14 bits per heavy atom. The summed E-state index contributed by atoms with van der Waals surface area (Å²) in [6, 6.07) is 6.28. The van der Waals surface area contributed by atoms with Gasteiger partial charge in [-0.3, -0.25) is 0 Å². The van der Waals surface area contributed by atoms with E-state index in [9.17, 15) is 5.11 Å². The molecule has 14 heavy (non-hydrogen) atoms. The van der Waals surface area contributed by atoms with Gasteiger partial charge >= 0.3 is 0 Å². The molecule has 0 amide bonds. The Kier molecular flexibility index (Phi) is 3.12. The van der Waals surface area contributed by atoms with Gasteiger partial charge < -0.3 is 5.11 Å². The lowest BCUT2D eigenvalue weighted by molar-refractivity contribution is 0.134. The van der Waals surface area contributed by atoms with Gasteiger partial charge in [0.1, 0.15) is 0 Å². The van der Waals surface area contributed by atoms with Gasteiger partial charge in [0, 0.05) is 0 Å². The van der Waals surface area contributed by atoms with Crippen molar-refractivity contribution >= 4 is 6.08 Å². The first kappa shape index (κ1) is 11.0. The Hall–Kier alpha value is -1.08. The van der Waals surface area contributed by atoms with Crippen molar-refractivity contribution in [3.05, 3.63) is 41.0 Å². The largest absolute Gasteiger partial charge is 0.386 e. The third-order valence-electron chi connectivity index (χ3n) is 2.21. The molecule has 0 unspecified atom stereocenters. The number of hydrogen-bond acceptors (Lipinski definition) is 1. The summed E-state index contributed by atoms with van der Waals surface area (Å²) in [4.78, 5) is 0. The van der Waals surface area contributed by atoms with E-state index in [1.165, 1.54) is 11.1 Å². The minimum absolute atomic E-state index is 0.737. The highest BCUT2D eigenvalue weighted by molar-refractivity contribution is 5.52. The molecule has 76 valence electrons. The lowest BCUT2D eigenvalue weighted by Crippen LogP contribution is -2.13. The van der Waals surface area contributed by atoms with E-state index in [1.54, 1.807) is 19.9 Å². The van der Waals surface area contributed by atoms with Crippen LogP contribution in [0.25, 0.3) is 6.08 Å². The van der Waals surface area contributed by atoms with Crippen molar-refractivity contribution in [2.24, 2.45) is 0 Å². The molecule has 0 aliphatic carbocycles. The van der Waals surface area contributed by atoms with E-state index >= 15 is 0 Å². The first-order chi connectivity index (χ1) is 6.38. The second-order valence-electron chi connectivity index (χ2n) is 4.33. The van der Waals surface area contributed by atoms with Gasteiger partial charge in [-0.05, 0) is 44.4 Å². The van der Waals surface area contributed by atoms with Crippen molar-refractivity contribution < 1.29 is 5.11 Å². The Morgan fingerprint density at radius 3 is 2.29 bits per heavy atom. The molecular weight excluding hydrogens is 172 g/mol. The van der Waals surface area contributed by atoms with Crippen LogP contribution >= 0.6 is 0 Å². The van der Waals surface area contributed by atoms with E-state index in [-0.39, 0.29) is 0 Å². The molecule has 0 aliphatic rings. The van der Waals surface area contributed by atoms with Crippen molar-refractivity contribution in [3.8, 4) is 0 Å². The van der Waals surface area contributed by atoms with Crippen molar-refractivity contribution in [1.82, 2.24) is 0 Å². The zero-order valence-electron chi connectivity index (χ0n) is 9.33. The SMILES string of the molecule is Cc1ccc(/C=C/C(C)(C)O)cc1C. The molecule has 0 aliphatic heterocycles. The molecule has 0 aromatic heterocycles. The summed E-state index contributed by atoms with van der Waals surface area (Å²) in [6.07, 6.45) is 3.75. The zero-order chi connectivity index (χ0) is 10.8. The number of benzene rings is 1. The van der Waals surface area contributed by atoms with E-state index in [2.05, 4.69) is 32.0 Å². The fourth-order valence-electron chi connectivity index (χ4n) is 1.17. The highest BCUT2D eigenvalue weighted by atomic mass is 16.3. The predicted molar refractivity (Wildman–Crippen MR) is 61.2 cm³/mol. The maximum atomic E-state index is 9.52. The first-order valence-corrected chi connectivity index (χ1v) is 4.87. The average Bonchev–Trinajstić information content (AvgIpc) is 2.06. The van der Waals surface area contributed by atoms with Crippen LogP contribution in [0, 0.1) is 13.8 Å². The Morgan fingerprint density at radius 2 is 1.79 bits per heavy atom. The summed E-state index contributed by atoms with van der Waals surface area (Å²) in [5, 5.41) is 9.52. The average molecular weight is 190 g/mol. The second kappa shape index (κ2) is 3.97. The van der Waals surface area contributed by atoms with E-state index < -0.39 is 5.60 Å². The Bertz CT molecular complexity index is 343. The molecule has 0 atom stereocenters. The van der Waals surface area contributed by atoms with E-state index in [1.807, 2.05) is 6.08 Å². The topological polar surface area (TPSA) is 20.2 Å². The van der Waals surface area contributed by atoms with Crippen LogP contribution in [-0.4, -0.2) is 10.7 Å². The predicted octanol–water partition coefficient (Wildman–Crippen LogP) is 3.09. The minimum atomic E-state index is -0.737. The van der Waals surface area contributed by atoms with Gasteiger partial charge in [-0.15, -0.1) is 0 Å². The molecule has 0 radical (unpaired) electrons.